The third kappa shape index (κ3) is 2.44. The van der Waals surface area contributed by atoms with E-state index in [9.17, 15) is 9.90 Å². The molecule has 3 unspecified atom stereocenters. The minimum absolute atomic E-state index is 0.264. The van der Waals surface area contributed by atoms with E-state index in [4.69, 9.17) is 15.9 Å². The van der Waals surface area contributed by atoms with Crippen LogP contribution in [0.2, 0.25) is 0 Å². The highest BCUT2D eigenvalue weighted by atomic mass is 16.4. The summed E-state index contributed by atoms with van der Waals surface area (Å²) in [7, 11) is 0. The van der Waals surface area contributed by atoms with E-state index < -0.39 is 23.7 Å². The molecule has 5 heteroatoms. The van der Waals surface area contributed by atoms with Crippen molar-refractivity contribution in [2.75, 3.05) is 0 Å². The Balaban J connectivity index is 4.51. The fourth-order valence-corrected chi connectivity index (χ4v) is 0.927. The average Bonchev–Trinajstić information content (AvgIpc) is 1.84. The number of carbonyl (C=O) groups excluding carboxylic acids is 1. The zero-order valence-corrected chi connectivity index (χ0v) is 7.19. The monoisotopic (exact) mass is 177 g/mol. The van der Waals surface area contributed by atoms with Crippen LogP contribution in [0.1, 0.15) is 20.3 Å². The normalized spacial score (nSPS) is 21.1. The molecule has 0 aliphatic carbocycles. The highest BCUT2D eigenvalue weighted by Gasteiger charge is 2.40. The van der Waals surface area contributed by atoms with Crippen molar-refractivity contribution in [3.8, 4) is 0 Å². The standard InChI is InChI=1S/C7H15NO4/c1-4(9)3-7(12,5(2)10)6(8)11/h4-5,9-10,12H,3H2,1-2H3,(H2,8,11). The first-order valence-corrected chi connectivity index (χ1v) is 3.69. The Morgan fingerprint density at radius 2 is 1.92 bits per heavy atom. The van der Waals surface area contributed by atoms with Crippen LogP contribution in [0.3, 0.4) is 0 Å². The summed E-state index contributed by atoms with van der Waals surface area (Å²) >= 11 is 0. The van der Waals surface area contributed by atoms with Gasteiger partial charge in [-0.3, -0.25) is 4.79 Å². The van der Waals surface area contributed by atoms with E-state index in [1.165, 1.54) is 13.8 Å². The van der Waals surface area contributed by atoms with Crippen LogP contribution < -0.4 is 5.73 Å². The maximum absolute atomic E-state index is 10.7. The van der Waals surface area contributed by atoms with Crippen LogP contribution in [0.5, 0.6) is 0 Å². The fourth-order valence-electron chi connectivity index (χ4n) is 0.927. The summed E-state index contributed by atoms with van der Waals surface area (Å²) in [4.78, 5) is 10.7. The van der Waals surface area contributed by atoms with E-state index in [0.717, 1.165) is 0 Å². The van der Waals surface area contributed by atoms with Gasteiger partial charge >= 0.3 is 0 Å². The quantitative estimate of drug-likeness (QED) is 0.413. The van der Waals surface area contributed by atoms with Gasteiger partial charge in [0.25, 0.3) is 5.91 Å². The molecule has 5 nitrogen and oxygen atoms in total. The Hall–Kier alpha value is -0.650. The summed E-state index contributed by atoms with van der Waals surface area (Å²) in [6.45, 7) is 2.64. The van der Waals surface area contributed by atoms with Gasteiger partial charge in [-0.1, -0.05) is 0 Å². The molecular weight excluding hydrogens is 162 g/mol. The number of aliphatic hydroxyl groups is 3. The Labute approximate surface area is 70.8 Å². The van der Waals surface area contributed by atoms with E-state index in [1.54, 1.807) is 0 Å². The molecule has 72 valence electrons. The molecule has 0 aliphatic rings. The second-order valence-electron chi connectivity index (χ2n) is 3.02. The van der Waals surface area contributed by atoms with Gasteiger partial charge < -0.3 is 21.1 Å². The van der Waals surface area contributed by atoms with E-state index in [1.807, 2.05) is 0 Å². The number of carbonyl (C=O) groups is 1. The van der Waals surface area contributed by atoms with Crippen LogP contribution in [0.15, 0.2) is 0 Å². The average molecular weight is 177 g/mol. The van der Waals surface area contributed by atoms with Gasteiger partial charge in [-0.25, -0.2) is 0 Å². The summed E-state index contributed by atoms with van der Waals surface area (Å²) < 4.78 is 0. The fraction of sp³-hybridized carbons (Fsp3) is 0.857. The van der Waals surface area contributed by atoms with E-state index in [2.05, 4.69) is 0 Å². The van der Waals surface area contributed by atoms with Crippen molar-refractivity contribution < 1.29 is 20.1 Å². The minimum atomic E-state index is -2.03. The summed E-state index contributed by atoms with van der Waals surface area (Å²) in [5, 5.41) is 27.4. The lowest BCUT2D eigenvalue weighted by molar-refractivity contribution is -0.152. The number of hydrogen-bond donors (Lipinski definition) is 4. The van der Waals surface area contributed by atoms with Gasteiger partial charge in [-0.15, -0.1) is 0 Å². The zero-order valence-electron chi connectivity index (χ0n) is 7.19. The number of hydrogen-bond acceptors (Lipinski definition) is 4. The third-order valence-corrected chi connectivity index (χ3v) is 1.72. The molecule has 1 amide bonds. The van der Waals surface area contributed by atoms with Gasteiger partial charge in [0.1, 0.15) is 0 Å². The Morgan fingerprint density at radius 3 is 2.00 bits per heavy atom. The van der Waals surface area contributed by atoms with Crippen LogP contribution >= 0.6 is 0 Å². The molecule has 0 bridgehead atoms. The Morgan fingerprint density at radius 1 is 1.50 bits per heavy atom. The molecule has 0 radical (unpaired) electrons. The number of nitrogens with two attached hydrogens (primary N) is 1. The predicted molar refractivity (Wildman–Crippen MR) is 42.1 cm³/mol. The van der Waals surface area contributed by atoms with E-state index in [0.29, 0.717) is 0 Å². The molecule has 0 saturated carbocycles. The first-order chi connectivity index (χ1) is 5.30. The molecule has 0 heterocycles. The summed E-state index contributed by atoms with van der Waals surface area (Å²) in [6.07, 6.45) is -2.44. The second-order valence-corrected chi connectivity index (χ2v) is 3.02. The van der Waals surface area contributed by atoms with Crippen LogP contribution in [0, 0.1) is 0 Å². The number of aliphatic hydroxyl groups excluding tert-OH is 2. The smallest absolute Gasteiger partial charge is 0.252 e. The second kappa shape index (κ2) is 3.84. The van der Waals surface area contributed by atoms with Crippen molar-refractivity contribution >= 4 is 5.91 Å². The molecule has 0 aliphatic heterocycles. The molecule has 0 rings (SSSR count). The van der Waals surface area contributed by atoms with Crippen LogP contribution in [0.25, 0.3) is 0 Å². The van der Waals surface area contributed by atoms with Crippen LogP contribution in [-0.2, 0) is 4.79 Å². The molecule has 0 fully saturated rings. The number of rotatable bonds is 4. The molecule has 5 N–H and O–H groups in total. The van der Waals surface area contributed by atoms with E-state index >= 15 is 0 Å². The molecule has 0 saturated heterocycles. The number of primary amides is 1. The van der Waals surface area contributed by atoms with Crippen molar-refractivity contribution in [1.82, 2.24) is 0 Å². The van der Waals surface area contributed by atoms with Crippen molar-refractivity contribution in [3.05, 3.63) is 0 Å². The largest absolute Gasteiger partial charge is 0.393 e. The van der Waals surface area contributed by atoms with Gasteiger partial charge in [-0.05, 0) is 13.8 Å². The Kier molecular flexibility index (Phi) is 3.63. The van der Waals surface area contributed by atoms with Crippen molar-refractivity contribution in [1.29, 1.82) is 0 Å². The van der Waals surface area contributed by atoms with Gasteiger partial charge in [0, 0.05) is 6.42 Å². The molecule has 12 heavy (non-hydrogen) atoms. The molecule has 0 aromatic carbocycles. The maximum atomic E-state index is 10.7. The van der Waals surface area contributed by atoms with Gasteiger partial charge in [-0.2, -0.15) is 0 Å². The summed E-state index contributed by atoms with van der Waals surface area (Å²) in [5.74, 6) is -1.03. The topological polar surface area (TPSA) is 104 Å². The molecule has 0 aromatic heterocycles. The lowest BCUT2D eigenvalue weighted by Crippen LogP contribution is -2.53. The Bertz CT molecular complexity index is 169. The van der Waals surface area contributed by atoms with Crippen LogP contribution in [-0.4, -0.2) is 39.0 Å². The van der Waals surface area contributed by atoms with Gasteiger partial charge in [0.2, 0.25) is 0 Å². The highest BCUT2D eigenvalue weighted by molar-refractivity contribution is 5.83. The predicted octanol–water partition coefficient (Wildman–Crippen LogP) is -1.65. The lowest BCUT2D eigenvalue weighted by Gasteiger charge is -2.28. The molecule has 3 atom stereocenters. The van der Waals surface area contributed by atoms with Crippen molar-refractivity contribution in [2.45, 2.75) is 38.1 Å². The van der Waals surface area contributed by atoms with Gasteiger partial charge in [0.05, 0.1) is 12.2 Å². The van der Waals surface area contributed by atoms with Crippen LogP contribution in [0.4, 0.5) is 0 Å². The number of amides is 1. The molecule has 0 spiro atoms. The molecular formula is C7H15NO4. The lowest BCUT2D eigenvalue weighted by atomic mass is 9.90. The van der Waals surface area contributed by atoms with Gasteiger partial charge in [0.15, 0.2) is 5.60 Å². The first kappa shape index (κ1) is 11.4. The van der Waals surface area contributed by atoms with Crippen molar-refractivity contribution in [3.63, 3.8) is 0 Å². The third-order valence-electron chi connectivity index (χ3n) is 1.72. The summed E-state index contributed by atoms with van der Waals surface area (Å²) in [5.41, 5.74) is 2.83. The van der Waals surface area contributed by atoms with E-state index in [-0.39, 0.29) is 6.42 Å². The molecule has 0 aromatic rings. The SMILES string of the molecule is CC(O)CC(O)(C(N)=O)C(C)O. The minimum Gasteiger partial charge on any atom is -0.393 e. The highest BCUT2D eigenvalue weighted by Crippen LogP contribution is 2.17. The maximum Gasteiger partial charge on any atom is 0.252 e. The zero-order chi connectivity index (χ0) is 9.94. The van der Waals surface area contributed by atoms with Crippen molar-refractivity contribution in [2.24, 2.45) is 5.73 Å². The first-order valence-electron chi connectivity index (χ1n) is 3.69. The summed E-state index contributed by atoms with van der Waals surface area (Å²) in [6, 6.07) is 0.